The topological polar surface area (TPSA) is 57.5 Å². The molecule has 3 nitrogen and oxygen atoms in total. The van der Waals surface area contributed by atoms with Crippen LogP contribution in [0.4, 0.5) is 0 Å². The third-order valence-corrected chi connectivity index (χ3v) is 5.48. The molecule has 19 heavy (non-hydrogen) atoms. The number of carboxylic acid groups (broad SMARTS) is 1. The van der Waals surface area contributed by atoms with E-state index in [9.17, 15) is 4.79 Å². The van der Waals surface area contributed by atoms with Crippen LogP contribution in [0.1, 0.15) is 36.5 Å². The zero-order valence-electron chi connectivity index (χ0n) is 11.6. The van der Waals surface area contributed by atoms with Gasteiger partial charge < -0.3 is 10.2 Å². The maximum atomic E-state index is 10.3. The molecule has 1 aromatic carbocycles. The van der Waals surface area contributed by atoms with Gasteiger partial charge >= 0.3 is 83.7 Å². The summed E-state index contributed by atoms with van der Waals surface area (Å²) in [7, 11) is 0. The van der Waals surface area contributed by atoms with Crippen molar-refractivity contribution < 1.29 is 15.0 Å². The first-order chi connectivity index (χ1) is 9.13. The molecule has 0 aliphatic carbocycles. The Labute approximate surface area is 133 Å². The van der Waals surface area contributed by atoms with Gasteiger partial charge in [-0.1, -0.05) is 12.1 Å². The summed E-state index contributed by atoms with van der Waals surface area (Å²) in [6.45, 7) is 5.99. The van der Waals surface area contributed by atoms with Crippen LogP contribution in [0.15, 0.2) is 36.9 Å². The molecule has 0 aliphatic heterocycles. The second-order valence-corrected chi connectivity index (χ2v) is 7.42. The molecule has 0 radical (unpaired) electrons. The van der Waals surface area contributed by atoms with Gasteiger partial charge in [0.25, 0.3) is 0 Å². The van der Waals surface area contributed by atoms with Gasteiger partial charge in [-0.3, -0.25) is 0 Å². The number of allylic oxidation sites excluding steroid dienone is 1. The van der Waals surface area contributed by atoms with E-state index in [1.807, 2.05) is 0 Å². The molecule has 0 heterocycles. The van der Waals surface area contributed by atoms with E-state index in [1.54, 1.807) is 14.7 Å². The van der Waals surface area contributed by atoms with Crippen LogP contribution in [0.3, 0.4) is 0 Å². The predicted molar refractivity (Wildman–Crippen MR) is 80.2 cm³/mol. The molecular weight excluding hydrogens is 268 g/mol. The van der Waals surface area contributed by atoms with E-state index in [-0.39, 0.29) is 45.2 Å². The van der Waals surface area contributed by atoms with E-state index in [4.69, 9.17) is 10.2 Å². The number of para-hydroxylation sites is 1. The van der Waals surface area contributed by atoms with E-state index in [2.05, 4.69) is 19.6 Å². The van der Waals surface area contributed by atoms with Crippen LogP contribution in [-0.2, 0) is 0 Å². The van der Waals surface area contributed by atoms with Crippen LogP contribution < -0.4 is 0 Å². The standard InChI is InChI=1S/C7H6O3.C5H11.C3H5.Ca/c8-6-4-2-1-3-5(6)7(9)10;1-3-5-4-2;1-3-2;/h1-4,8H,(H,9,10);1,3-5H2,2H3;3H,1-2H2;. The van der Waals surface area contributed by atoms with Crippen molar-refractivity contribution >= 4 is 39.8 Å². The predicted octanol–water partition coefficient (Wildman–Crippen LogP) is 3.99. The van der Waals surface area contributed by atoms with Gasteiger partial charge in [0, 0.05) is 0 Å². The fourth-order valence-electron chi connectivity index (χ4n) is 1.55. The summed E-state index contributed by atoms with van der Waals surface area (Å²) in [5.74, 6) is -1.31. The number of carboxylic acids is 1. The van der Waals surface area contributed by atoms with Gasteiger partial charge in [-0.2, -0.15) is 0 Å². The number of aromatic hydroxyl groups is 1. The molecule has 0 atom stereocenters. The summed E-state index contributed by atoms with van der Waals surface area (Å²) >= 11 is -0.0994. The zero-order valence-corrected chi connectivity index (χ0v) is 13.8. The average molecular weight is 290 g/mol. The van der Waals surface area contributed by atoms with E-state index in [0.29, 0.717) is 0 Å². The second-order valence-electron chi connectivity index (χ2n) is 4.31. The van der Waals surface area contributed by atoms with Crippen molar-refractivity contribution in [1.29, 1.82) is 0 Å². The van der Waals surface area contributed by atoms with Crippen molar-refractivity contribution in [3.05, 3.63) is 42.5 Å². The minimum absolute atomic E-state index is 0.0671. The average Bonchev–Trinajstić information content (AvgIpc) is 2.40. The van der Waals surface area contributed by atoms with Crippen molar-refractivity contribution in [2.75, 3.05) is 0 Å². The number of hydrogen-bond donors (Lipinski definition) is 2. The maximum absolute atomic E-state index is 10.3. The molecular formula is C15H22CaO3. The van der Waals surface area contributed by atoms with Crippen LogP contribution in [-0.4, -0.2) is 50.0 Å². The number of unbranched alkanes of at least 4 members (excludes halogenated alkanes) is 2. The molecule has 1 rings (SSSR count). The molecule has 0 aromatic heterocycles. The SMILES string of the molecule is C=C[CH2][Ca][CH2]CCCC.O=C(O)c1ccccc1O. The Morgan fingerprint density at radius 2 is 2.05 bits per heavy atom. The van der Waals surface area contributed by atoms with Gasteiger partial charge in [-0.25, -0.2) is 4.79 Å². The van der Waals surface area contributed by atoms with Gasteiger partial charge in [-0.15, -0.1) is 0 Å². The number of carbonyl (C=O) groups is 1. The van der Waals surface area contributed by atoms with Crippen LogP contribution in [0.25, 0.3) is 0 Å². The summed E-state index contributed by atoms with van der Waals surface area (Å²) in [6, 6.07) is 5.81. The fourth-order valence-corrected chi connectivity index (χ4v) is 3.55. The van der Waals surface area contributed by atoms with E-state index in [1.165, 1.54) is 33.9 Å². The van der Waals surface area contributed by atoms with Crippen LogP contribution in [0, 0.1) is 0 Å². The zero-order chi connectivity index (χ0) is 14.5. The van der Waals surface area contributed by atoms with Crippen LogP contribution in [0.5, 0.6) is 5.75 Å². The number of benzene rings is 1. The minimum Gasteiger partial charge on any atom is -0.507 e. The van der Waals surface area contributed by atoms with Gasteiger partial charge in [0.1, 0.15) is 11.3 Å². The first-order valence-electron chi connectivity index (χ1n) is 6.75. The second kappa shape index (κ2) is 12.5. The number of hydrogen-bond acceptors (Lipinski definition) is 2. The Kier molecular flexibility index (Phi) is 12.2. The molecule has 1 aromatic rings. The van der Waals surface area contributed by atoms with E-state index in [0.717, 1.165) is 0 Å². The van der Waals surface area contributed by atoms with Crippen molar-refractivity contribution in [3.63, 3.8) is 0 Å². The Morgan fingerprint density at radius 1 is 1.37 bits per heavy atom. The molecule has 0 unspecified atom stereocenters. The fraction of sp³-hybridized carbons (Fsp3) is 0.400. The molecule has 0 amide bonds. The summed E-state index contributed by atoms with van der Waals surface area (Å²) in [4.78, 5) is 10.3. The third-order valence-electron chi connectivity index (χ3n) is 2.65. The monoisotopic (exact) mass is 290 g/mol. The smallest absolute Gasteiger partial charge is 0.339 e. The Bertz CT molecular complexity index is 377. The number of aromatic carboxylic acids is 1. The van der Waals surface area contributed by atoms with E-state index < -0.39 is 5.97 Å². The van der Waals surface area contributed by atoms with Gasteiger partial charge in [0.05, 0.1) is 0 Å². The Morgan fingerprint density at radius 3 is 2.53 bits per heavy atom. The largest absolute Gasteiger partial charge is 0.507 e. The molecule has 0 fully saturated rings. The third kappa shape index (κ3) is 10.00. The minimum atomic E-state index is -1.11. The molecule has 0 spiro atoms. The molecule has 0 saturated heterocycles. The van der Waals surface area contributed by atoms with Gasteiger partial charge in [0.15, 0.2) is 0 Å². The summed E-state index contributed by atoms with van der Waals surface area (Å²) in [5.41, 5.74) is -0.0671. The quantitative estimate of drug-likeness (QED) is 0.453. The van der Waals surface area contributed by atoms with Gasteiger partial charge in [-0.05, 0) is 12.1 Å². The van der Waals surface area contributed by atoms with Gasteiger partial charge in [0.2, 0.25) is 0 Å². The normalized spacial score (nSPS) is 8.89. The van der Waals surface area contributed by atoms with Crippen molar-refractivity contribution in [1.82, 2.24) is 0 Å². The van der Waals surface area contributed by atoms with Crippen molar-refractivity contribution in [2.24, 2.45) is 0 Å². The van der Waals surface area contributed by atoms with Crippen molar-refractivity contribution in [2.45, 2.75) is 31.2 Å². The van der Waals surface area contributed by atoms with E-state index >= 15 is 0 Å². The van der Waals surface area contributed by atoms with Crippen molar-refractivity contribution in [3.8, 4) is 5.75 Å². The van der Waals surface area contributed by atoms with Crippen LogP contribution in [0.2, 0.25) is 5.04 Å². The number of rotatable bonds is 7. The Balaban J connectivity index is 0.000000344. The molecule has 4 heteroatoms. The molecule has 102 valence electrons. The maximum Gasteiger partial charge on any atom is 0.339 e. The van der Waals surface area contributed by atoms with Crippen LogP contribution >= 0.6 is 0 Å². The molecule has 0 aliphatic rings. The summed E-state index contributed by atoms with van der Waals surface area (Å²) < 4.78 is 2.96. The Hall–Kier alpha value is -0.510. The first kappa shape index (κ1) is 18.5. The summed E-state index contributed by atoms with van der Waals surface area (Å²) in [5, 5.41) is 17.3. The number of phenols is 1. The molecule has 0 saturated carbocycles. The summed E-state index contributed by atoms with van der Waals surface area (Å²) in [6.07, 6.45) is 6.40. The molecule has 0 bridgehead atoms. The molecule has 2 N–H and O–H groups in total. The first-order valence-corrected chi connectivity index (χ1v) is 9.88.